The minimum absolute atomic E-state index is 0.0102. The highest BCUT2D eigenvalue weighted by Crippen LogP contribution is 2.35. The van der Waals surface area contributed by atoms with Gasteiger partial charge in [-0.25, -0.2) is 0 Å². The summed E-state index contributed by atoms with van der Waals surface area (Å²) in [6.07, 6.45) is -0.320. The van der Waals surface area contributed by atoms with Crippen LogP contribution in [0.3, 0.4) is 0 Å². The standard InChI is InChI=1S/C24H27NO4/c1-16(24(27)17-8-5-4-6-9-17)25-15-14-20(26)18-12-13-21(28-2)19-10-7-11-22(29-3)23(18)19/h4-13,16,24-25,27H,14-15H2,1-3H3. The van der Waals surface area contributed by atoms with Gasteiger partial charge in [0.15, 0.2) is 5.78 Å². The van der Waals surface area contributed by atoms with E-state index in [0.29, 0.717) is 30.0 Å². The van der Waals surface area contributed by atoms with Crippen molar-refractivity contribution in [3.05, 3.63) is 71.8 Å². The van der Waals surface area contributed by atoms with E-state index in [4.69, 9.17) is 9.47 Å². The average molecular weight is 393 g/mol. The number of hydrogen-bond acceptors (Lipinski definition) is 5. The zero-order chi connectivity index (χ0) is 20.8. The van der Waals surface area contributed by atoms with Crippen molar-refractivity contribution in [3.8, 4) is 11.5 Å². The molecule has 0 saturated carbocycles. The lowest BCUT2D eigenvalue weighted by Crippen LogP contribution is -2.33. The Bertz CT molecular complexity index is 971. The van der Waals surface area contributed by atoms with Crippen molar-refractivity contribution in [2.24, 2.45) is 0 Å². The van der Waals surface area contributed by atoms with Crippen LogP contribution in [-0.2, 0) is 0 Å². The summed E-state index contributed by atoms with van der Waals surface area (Å²) in [5, 5.41) is 15.3. The highest BCUT2D eigenvalue weighted by Gasteiger charge is 2.18. The second-order valence-corrected chi connectivity index (χ2v) is 6.97. The number of aliphatic hydroxyl groups excluding tert-OH is 1. The predicted molar refractivity (Wildman–Crippen MR) is 115 cm³/mol. The molecule has 29 heavy (non-hydrogen) atoms. The number of carbonyl (C=O) groups excluding carboxylic acids is 1. The first-order chi connectivity index (χ1) is 14.1. The summed E-state index contributed by atoms with van der Waals surface area (Å²) in [4.78, 5) is 12.9. The molecule has 152 valence electrons. The monoisotopic (exact) mass is 393 g/mol. The summed E-state index contributed by atoms with van der Waals surface area (Å²) in [6.45, 7) is 2.38. The van der Waals surface area contributed by atoms with Crippen LogP contribution in [0, 0.1) is 0 Å². The molecular formula is C24H27NO4. The molecule has 0 heterocycles. The summed E-state index contributed by atoms with van der Waals surface area (Å²) in [7, 11) is 3.20. The molecule has 3 aromatic rings. The van der Waals surface area contributed by atoms with Crippen molar-refractivity contribution < 1.29 is 19.4 Å². The van der Waals surface area contributed by atoms with E-state index in [1.807, 2.05) is 61.5 Å². The predicted octanol–water partition coefficient (Wildman–Crippen LogP) is 4.14. The van der Waals surface area contributed by atoms with Gasteiger partial charge in [-0.3, -0.25) is 4.79 Å². The SMILES string of the molecule is COc1ccc(C(=O)CCNC(C)C(O)c2ccccc2)c2c(OC)cccc12. The van der Waals surface area contributed by atoms with Gasteiger partial charge in [0, 0.05) is 35.3 Å². The van der Waals surface area contributed by atoms with Gasteiger partial charge in [-0.2, -0.15) is 0 Å². The van der Waals surface area contributed by atoms with Crippen molar-refractivity contribution >= 4 is 16.6 Å². The first kappa shape index (κ1) is 20.8. The summed E-state index contributed by atoms with van der Waals surface area (Å²) in [6, 6.07) is 18.6. The highest BCUT2D eigenvalue weighted by molar-refractivity contribution is 6.11. The summed E-state index contributed by atoms with van der Waals surface area (Å²) in [5.41, 5.74) is 1.46. The number of aliphatic hydroxyl groups is 1. The van der Waals surface area contributed by atoms with Gasteiger partial charge in [-0.15, -0.1) is 0 Å². The number of hydrogen-bond donors (Lipinski definition) is 2. The Labute approximate surface area is 171 Å². The maximum absolute atomic E-state index is 12.9. The van der Waals surface area contributed by atoms with Crippen molar-refractivity contribution in [2.45, 2.75) is 25.5 Å². The van der Waals surface area contributed by atoms with Gasteiger partial charge in [0.25, 0.3) is 0 Å². The number of nitrogens with one attached hydrogen (secondary N) is 1. The normalized spacial score (nSPS) is 13.1. The van der Waals surface area contributed by atoms with E-state index in [9.17, 15) is 9.90 Å². The van der Waals surface area contributed by atoms with E-state index >= 15 is 0 Å². The van der Waals surface area contributed by atoms with Gasteiger partial charge in [-0.05, 0) is 30.7 Å². The molecule has 0 bridgehead atoms. The molecule has 0 spiro atoms. The maximum atomic E-state index is 12.9. The fraction of sp³-hybridized carbons (Fsp3) is 0.292. The molecule has 3 rings (SSSR count). The maximum Gasteiger partial charge on any atom is 0.164 e. The quantitative estimate of drug-likeness (QED) is 0.535. The van der Waals surface area contributed by atoms with Crippen LogP contribution in [-0.4, -0.2) is 37.7 Å². The van der Waals surface area contributed by atoms with Crippen LogP contribution in [0.5, 0.6) is 11.5 Å². The molecule has 0 amide bonds. The Kier molecular flexibility index (Phi) is 6.86. The highest BCUT2D eigenvalue weighted by atomic mass is 16.5. The number of carbonyl (C=O) groups is 1. The molecule has 5 heteroatoms. The first-order valence-electron chi connectivity index (χ1n) is 9.70. The van der Waals surface area contributed by atoms with Crippen LogP contribution < -0.4 is 14.8 Å². The molecule has 0 saturated heterocycles. The first-order valence-corrected chi connectivity index (χ1v) is 9.70. The number of fused-ring (bicyclic) bond motifs is 1. The molecule has 0 fully saturated rings. The number of Topliss-reactive ketones (excluding diaryl/α,β-unsaturated/α-hetero) is 1. The molecule has 0 aliphatic heterocycles. The number of benzene rings is 3. The van der Waals surface area contributed by atoms with Gasteiger partial charge in [-0.1, -0.05) is 42.5 Å². The molecule has 2 unspecified atom stereocenters. The van der Waals surface area contributed by atoms with E-state index in [0.717, 1.165) is 16.3 Å². The van der Waals surface area contributed by atoms with E-state index in [2.05, 4.69) is 5.32 Å². The summed E-state index contributed by atoms with van der Waals surface area (Å²) >= 11 is 0. The molecule has 0 aromatic heterocycles. The minimum atomic E-state index is -0.631. The van der Waals surface area contributed by atoms with Gasteiger partial charge in [0.2, 0.25) is 0 Å². The van der Waals surface area contributed by atoms with Crippen molar-refractivity contribution in [3.63, 3.8) is 0 Å². The zero-order valence-corrected chi connectivity index (χ0v) is 17.0. The zero-order valence-electron chi connectivity index (χ0n) is 17.0. The van der Waals surface area contributed by atoms with Gasteiger partial charge >= 0.3 is 0 Å². The summed E-state index contributed by atoms with van der Waals surface area (Å²) < 4.78 is 10.9. The molecule has 0 radical (unpaired) electrons. The number of ketones is 1. The lowest BCUT2D eigenvalue weighted by Gasteiger charge is -2.20. The second kappa shape index (κ2) is 9.54. The molecule has 3 aromatic carbocycles. The Balaban J connectivity index is 1.72. The second-order valence-electron chi connectivity index (χ2n) is 6.97. The lowest BCUT2D eigenvalue weighted by atomic mass is 9.98. The average Bonchev–Trinajstić information content (AvgIpc) is 2.77. The van der Waals surface area contributed by atoms with Crippen LogP contribution in [0.1, 0.15) is 35.4 Å². The fourth-order valence-electron chi connectivity index (χ4n) is 3.53. The Morgan fingerprint density at radius 3 is 2.38 bits per heavy atom. The van der Waals surface area contributed by atoms with Crippen molar-refractivity contribution in [1.82, 2.24) is 5.32 Å². The Morgan fingerprint density at radius 1 is 0.966 bits per heavy atom. The minimum Gasteiger partial charge on any atom is -0.496 e. The van der Waals surface area contributed by atoms with Gasteiger partial charge in [0.05, 0.1) is 20.3 Å². The van der Waals surface area contributed by atoms with Crippen LogP contribution in [0.25, 0.3) is 10.8 Å². The third kappa shape index (κ3) is 4.58. The topological polar surface area (TPSA) is 67.8 Å². The molecule has 2 atom stereocenters. The van der Waals surface area contributed by atoms with E-state index < -0.39 is 6.10 Å². The van der Waals surface area contributed by atoms with E-state index in [1.54, 1.807) is 20.3 Å². The van der Waals surface area contributed by atoms with Gasteiger partial charge in [0.1, 0.15) is 11.5 Å². The molecule has 0 aliphatic rings. The van der Waals surface area contributed by atoms with Crippen LogP contribution in [0.2, 0.25) is 0 Å². The Morgan fingerprint density at radius 2 is 1.69 bits per heavy atom. The lowest BCUT2D eigenvalue weighted by molar-refractivity contribution is 0.0973. The van der Waals surface area contributed by atoms with Crippen molar-refractivity contribution in [1.29, 1.82) is 0 Å². The van der Waals surface area contributed by atoms with Crippen LogP contribution >= 0.6 is 0 Å². The van der Waals surface area contributed by atoms with Gasteiger partial charge < -0.3 is 19.9 Å². The number of ether oxygens (including phenoxy) is 2. The number of rotatable bonds is 9. The summed E-state index contributed by atoms with van der Waals surface area (Å²) in [5.74, 6) is 1.36. The third-order valence-corrected chi connectivity index (χ3v) is 5.14. The van der Waals surface area contributed by atoms with Crippen LogP contribution in [0.4, 0.5) is 0 Å². The van der Waals surface area contributed by atoms with Crippen LogP contribution in [0.15, 0.2) is 60.7 Å². The molecule has 5 nitrogen and oxygen atoms in total. The molecule has 0 aliphatic carbocycles. The largest absolute Gasteiger partial charge is 0.496 e. The smallest absolute Gasteiger partial charge is 0.164 e. The number of methoxy groups -OCH3 is 2. The Hall–Kier alpha value is -2.89. The third-order valence-electron chi connectivity index (χ3n) is 5.14. The van der Waals surface area contributed by atoms with E-state index in [1.165, 1.54) is 0 Å². The fourth-order valence-corrected chi connectivity index (χ4v) is 3.53. The van der Waals surface area contributed by atoms with E-state index in [-0.39, 0.29) is 11.8 Å². The molecular weight excluding hydrogens is 366 g/mol. The van der Waals surface area contributed by atoms with Crippen molar-refractivity contribution in [2.75, 3.05) is 20.8 Å². The molecule has 2 N–H and O–H groups in total.